The van der Waals surface area contributed by atoms with E-state index in [1.165, 1.54) is 16.9 Å². The molecule has 6 nitrogen and oxygen atoms in total. The highest BCUT2D eigenvalue weighted by Crippen LogP contribution is 2.32. The highest BCUT2D eigenvalue weighted by Gasteiger charge is 2.17. The van der Waals surface area contributed by atoms with E-state index in [1.54, 1.807) is 11.6 Å². The Morgan fingerprint density at radius 3 is 2.52 bits per heavy atom. The van der Waals surface area contributed by atoms with Crippen molar-refractivity contribution in [3.05, 3.63) is 65.0 Å². The molecule has 4 aromatic rings. The van der Waals surface area contributed by atoms with Gasteiger partial charge in [-0.25, -0.2) is 4.52 Å². The number of carbonyl (C=O) groups excluding carboxylic acids is 1. The van der Waals surface area contributed by atoms with Gasteiger partial charge in [-0.3, -0.25) is 10.1 Å². The summed E-state index contributed by atoms with van der Waals surface area (Å²) in [5, 5.41) is 9.24. The monoisotopic (exact) mass is 406 g/mol. The van der Waals surface area contributed by atoms with Crippen LogP contribution in [0, 0.1) is 0 Å². The molecule has 0 saturated carbocycles. The van der Waals surface area contributed by atoms with Crippen LogP contribution < -0.4 is 10.1 Å². The van der Waals surface area contributed by atoms with Gasteiger partial charge in [0.15, 0.2) is 0 Å². The number of carbonyl (C=O) groups is 1. The number of nitrogens with one attached hydrogen (secondary N) is 1. The predicted molar refractivity (Wildman–Crippen MR) is 116 cm³/mol. The zero-order valence-corrected chi connectivity index (χ0v) is 17.6. The molecule has 0 aliphatic carbocycles. The standard InChI is InChI=1S/C22H22N4O2S/c1-22(2,3)15-11-9-14(10-12-15)19(27)23-20-24-21-26(25-20)17(13-29-21)16-7-5-6-8-18(16)28-4/h5-13H,1-4H3,(H,23,25,27). The summed E-state index contributed by atoms with van der Waals surface area (Å²) in [5.74, 6) is 0.799. The number of rotatable bonds is 4. The van der Waals surface area contributed by atoms with E-state index in [-0.39, 0.29) is 17.3 Å². The Labute approximate surface area is 173 Å². The van der Waals surface area contributed by atoms with Crippen molar-refractivity contribution in [1.82, 2.24) is 14.6 Å². The van der Waals surface area contributed by atoms with Crippen LogP contribution in [0.25, 0.3) is 16.2 Å². The molecule has 1 N–H and O–H groups in total. The lowest BCUT2D eigenvalue weighted by molar-refractivity contribution is 0.102. The highest BCUT2D eigenvalue weighted by molar-refractivity contribution is 7.15. The first-order valence-electron chi connectivity index (χ1n) is 9.26. The number of nitrogens with zero attached hydrogens (tertiary/aromatic N) is 3. The lowest BCUT2D eigenvalue weighted by Crippen LogP contribution is -2.15. The quantitative estimate of drug-likeness (QED) is 0.517. The van der Waals surface area contributed by atoms with Crippen LogP contribution in [-0.2, 0) is 5.41 Å². The molecule has 0 fully saturated rings. The Morgan fingerprint density at radius 1 is 1.10 bits per heavy atom. The van der Waals surface area contributed by atoms with Crippen molar-refractivity contribution in [3.63, 3.8) is 0 Å². The van der Waals surface area contributed by atoms with Crippen LogP contribution in [0.5, 0.6) is 5.75 Å². The summed E-state index contributed by atoms with van der Waals surface area (Å²) in [6.45, 7) is 6.43. The zero-order chi connectivity index (χ0) is 20.6. The number of anilines is 1. The van der Waals surface area contributed by atoms with Crippen molar-refractivity contribution >= 4 is 28.2 Å². The predicted octanol–water partition coefficient (Wildman–Crippen LogP) is 5.02. The highest BCUT2D eigenvalue weighted by atomic mass is 32.1. The van der Waals surface area contributed by atoms with Crippen molar-refractivity contribution in [2.24, 2.45) is 0 Å². The molecule has 0 atom stereocenters. The van der Waals surface area contributed by atoms with Crippen LogP contribution in [0.4, 0.5) is 5.95 Å². The first kappa shape index (κ1) is 19.1. The molecule has 2 aromatic carbocycles. The number of aromatic nitrogens is 3. The van der Waals surface area contributed by atoms with Crippen molar-refractivity contribution in [3.8, 4) is 17.0 Å². The largest absolute Gasteiger partial charge is 0.496 e. The summed E-state index contributed by atoms with van der Waals surface area (Å²) < 4.78 is 7.18. The van der Waals surface area contributed by atoms with Gasteiger partial charge in [-0.2, -0.15) is 4.98 Å². The van der Waals surface area contributed by atoms with Crippen molar-refractivity contribution in [2.75, 3.05) is 12.4 Å². The smallest absolute Gasteiger partial charge is 0.258 e. The van der Waals surface area contributed by atoms with E-state index in [9.17, 15) is 4.79 Å². The fourth-order valence-electron chi connectivity index (χ4n) is 3.07. The number of hydrogen-bond donors (Lipinski definition) is 1. The molecule has 0 aliphatic rings. The number of para-hydroxylation sites is 1. The number of ether oxygens (including phenoxy) is 1. The minimum absolute atomic E-state index is 0.0414. The molecule has 148 valence electrons. The van der Waals surface area contributed by atoms with Gasteiger partial charge < -0.3 is 4.74 Å². The Bertz CT molecular complexity index is 1170. The van der Waals surface area contributed by atoms with Gasteiger partial charge in [0.1, 0.15) is 5.75 Å². The van der Waals surface area contributed by atoms with Gasteiger partial charge in [0, 0.05) is 16.5 Å². The number of benzene rings is 2. The summed E-state index contributed by atoms with van der Waals surface area (Å²) in [6.07, 6.45) is 0. The Morgan fingerprint density at radius 2 is 1.83 bits per heavy atom. The molecule has 7 heteroatoms. The Kier molecular flexibility index (Phi) is 4.84. The third-order valence-corrected chi connectivity index (χ3v) is 5.52. The van der Waals surface area contributed by atoms with Crippen molar-refractivity contribution < 1.29 is 9.53 Å². The van der Waals surface area contributed by atoms with Gasteiger partial charge in [0.05, 0.1) is 12.8 Å². The fraction of sp³-hybridized carbons (Fsp3) is 0.227. The van der Waals surface area contributed by atoms with Gasteiger partial charge in [0.25, 0.3) is 11.9 Å². The van der Waals surface area contributed by atoms with Gasteiger partial charge in [-0.05, 0) is 35.2 Å². The van der Waals surface area contributed by atoms with Crippen LogP contribution in [0.1, 0.15) is 36.7 Å². The van der Waals surface area contributed by atoms with Crippen LogP contribution in [-0.4, -0.2) is 27.6 Å². The molecule has 0 aliphatic heterocycles. The van der Waals surface area contributed by atoms with E-state index in [4.69, 9.17) is 4.74 Å². The zero-order valence-electron chi connectivity index (χ0n) is 16.8. The van der Waals surface area contributed by atoms with E-state index >= 15 is 0 Å². The topological polar surface area (TPSA) is 68.5 Å². The molecule has 1 amide bonds. The molecule has 4 rings (SSSR count). The molecule has 2 aromatic heterocycles. The number of methoxy groups -OCH3 is 1. The lowest BCUT2D eigenvalue weighted by Gasteiger charge is -2.18. The summed E-state index contributed by atoms with van der Waals surface area (Å²) in [7, 11) is 1.64. The maximum atomic E-state index is 12.6. The van der Waals surface area contributed by atoms with Gasteiger partial charge in [0.2, 0.25) is 4.96 Å². The van der Waals surface area contributed by atoms with E-state index in [0.717, 1.165) is 17.0 Å². The summed E-state index contributed by atoms with van der Waals surface area (Å²) in [5.41, 5.74) is 3.57. The molecule has 0 saturated heterocycles. The van der Waals surface area contributed by atoms with E-state index in [1.807, 2.05) is 53.9 Å². The number of amides is 1. The Hall–Kier alpha value is -3.19. The minimum atomic E-state index is -0.234. The first-order valence-corrected chi connectivity index (χ1v) is 10.1. The second kappa shape index (κ2) is 7.33. The summed E-state index contributed by atoms with van der Waals surface area (Å²) in [6, 6.07) is 15.4. The Balaban J connectivity index is 1.59. The van der Waals surface area contributed by atoms with Crippen LogP contribution in [0.2, 0.25) is 0 Å². The first-order chi connectivity index (χ1) is 13.9. The molecular weight excluding hydrogens is 384 g/mol. The molecule has 0 spiro atoms. The third kappa shape index (κ3) is 3.73. The van der Waals surface area contributed by atoms with Gasteiger partial charge in [-0.1, -0.05) is 45.0 Å². The van der Waals surface area contributed by atoms with E-state index in [2.05, 4.69) is 36.2 Å². The minimum Gasteiger partial charge on any atom is -0.496 e. The van der Waals surface area contributed by atoms with Crippen LogP contribution in [0.15, 0.2) is 53.9 Å². The average molecular weight is 407 g/mol. The number of hydrogen-bond acceptors (Lipinski definition) is 5. The van der Waals surface area contributed by atoms with Crippen molar-refractivity contribution in [1.29, 1.82) is 0 Å². The maximum Gasteiger partial charge on any atom is 0.258 e. The summed E-state index contributed by atoms with van der Waals surface area (Å²) >= 11 is 1.46. The molecule has 29 heavy (non-hydrogen) atoms. The fourth-order valence-corrected chi connectivity index (χ4v) is 3.89. The van der Waals surface area contributed by atoms with Gasteiger partial charge in [-0.15, -0.1) is 16.4 Å². The molecule has 0 radical (unpaired) electrons. The second-order valence-corrected chi connectivity index (χ2v) is 8.57. The summed E-state index contributed by atoms with van der Waals surface area (Å²) in [4.78, 5) is 17.7. The van der Waals surface area contributed by atoms with E-state index < -0.39 is 0 Å². The second-order valence-electron chi connectivity index (χ2n) is 7.73. The number of fused-ring (bicyclic) bond motifs is 1. The number of thiazole rings is 1. The van der Waals surface area contributed by atoms with Crippen LogP contribution in [0.3, 0.4) is 0 Å². The molecular formula is C22H22N4O2S. The van der Waals surface area contributed by atoms with Crippen LogP contribution >= 0.6 is 11.3 Å². The maximum absolute atomic E-state index is 12.6. The van der Waals surface area contributed by atoms with Gasteiger partial charge >= 0.3 is 0 Å². The average Bonchev–Trinajstić information content (AvgIpc) is 3.27. The lowest BCUT2D eigenvalue weighted by atomic mass is 9.87. The van der Waals surface area contributed by atoms with E-state index in [0.29, 0.717) is 10.5 Å². The molecule has 0 bridgehead atoms. The van der Waals surface area contributed by atoms with Crippen molar-refractivity contribution in [2.45, 2.75) is 26.2 Å². The SMILES string of the molecule is COc1ccccc1-c1csc2nc(NC(=O)c3ccc(C(C)(C)C)cc3)nn12. The molecule has 0 unspecified atom stereocenters. The normalized spacial score (nSPS) is 11.6. The molecule has 2 heterocycles. The third-order valence-electron chi connectivity index (χ3n) is 4.70.